The zero-order valence-corrected chi connectivity index (χ0v) is 12.8. The molecule has 2 N–H and O–H groups in total. The van der Waals surface area contributed by atoms with Crippen molar-refractivity contribution in [3.8, 4) is 0 Å². The van der Waals surface area contributed by atoms with Crippen LogP contribution in [0.25, 0.3) is 0 Å². The van der Waals surface area contributed by atoms with Crippen molar-refractivity contribution >= 4 is 0 Å². The molecule has 0 saturated carbocycles. The van der Waals surface area contributed by atoms with E-state index in [0.29, 0.717) is 0 Å². The number of rotatable bonds is 2. The zero-order valence-electron chi connectivity index (χ0n) is 12.8. The van der Waals surface area contributed by atoms with Gasteiger partial charge in [-0.05, 0) is 68.7 Å². The van der Waals surface area contributed by atoms with E-state index in [1.807, 2.05) is 0 Å². The molecule has 1 aliphatic carbocycles. The van der Waals surface area contributed by atoms with E-state index in [1.165, 1.54) is 62.7 Å². The van der Waals surface area contributed by atoms with Gasteiger partial charge in [0.25, 0.3) is 0 Å². The molecule has 0 amide bonds. The van der Waals surface area contributed by atoms with Crippen LogP contribution in [-0.2, 0) is 12.0 Å². The van der Waals surface area contributed by atoms with Gasteiger partial charge >= 0.3 is 0 Å². The molecule has 2 unspecified atom stereocenters. The van der Waals surface area contributed by atoms with E-state index < -0.39 is 0 Å². The number of nitrogens with two attached hydrogens (primary N) is 1. The van der Waals surface area contributed by atoms with Gasteiger partial charge in [-0.25, -0.2) is 0 Å². The second kappa shape index (κ2) is 5.87. The van der Waals surface area contributed by atoms with Crippen molar-refractivity contribution in [2.24, 2.45) is 11.7 Å². The number of hydrogen-bond acceptors (Lipinski definition) is 2. The number of likely N-dealkylation sites (tertiary alicyclic amines) is 1. The summed E-state index contributed by atoms with van der Waals surface area (Å²) in [5.41, 5.74) is 9.48. The van der Waals surface area contributed by atoms with Crippen LogP contribution in [0.4, 0.5) is 0 Å². The van der Waals surface area contributed by atoms with E-state index in [1.54, 1.807) is 0 Å². The normalized spacial score (nSPS) is 31.6. The molecule has 0 spiro atoms. The molecular weight excluding hydrogens is 244 g/mol. The van der Waals surface area contributed by atoms with Crippen LogP contribution in [0.15, 0.2) is 24.3 Å². The molecule has 0 bridgehead atoms. The summed E-state index contributed by atoms with van der Waals surface area (Å²) in [7, 11) is 0. The second-order valence-corrected chi connectivity index (χ2v) is 6.77. The Morgan fingerprint density at radius 1 is 1.20 bits per heavy atom. The standard InChI is InChI=1S/C18H28N2/c1-15-6-5-12-20(13-10-15)18(14-19)11-4-8-16-7-2-3-9-17(16)18/h2-3,7,9,15H,4-6,8,10-14,19H2,1H3. The Morgan fingerprint density at radius 3 is 2.90 bits per heavy atom. The summed E-state index contributed by atoms with van der Waals surface area (Å²) in [6.45, 7) is 5.59. The fourth-order valence-electron chi connectivity index (χ4n) is 4.26. The lowest BCUT2D eigenvalue weighted by molar-refractivity contribution is 0.0767. The summed E-state index contributed by atoms with van der Waals surface area (Å²) in [6, 6.07) is 9.00. The minimum atomic E-state index is 0.110. The van der Waals surface area contributed by atoms with Crippen molar-refractivity contribution in [2.75, 3.05) is 19.6 Å². The van der Waals surface area contributed by atoms with Crippen molar-refractivity contribution in [1.82, 2.24) is 4.90 Å². The van der Waals surface area contributed by atoms with Gasteiger partial charge in [0.15, 0.2) is 0 Å². The highest BCUT2D eigenvalue weighted by molar-refractivity contribution is 5.37. The Kier molecular flexibility index (Phi) is 4.13. The summed E-state index contributed by atoms with van der Waals surface area (Å²) < 4.78 is 0. The van der Waals surface area contributed by atoms with Gasteiger partial charge in [-0.2, -0.15) is 0 Å². The molecule has 110 valence electrons. The van der Waals surface area contributed by atoms with Crippen LogP contribution in [0, 0.1) is 5.92 Å². The first kappa shape index (κ1) is 14.1. The monoisotopic (exact) mass is 272 g/mol. The maximum absolute atomic E-state index is 6.33. The van der Waals surface area contributed by atoms with Gasteiger partial charge in [0.2, 0.25) is 0 Å². The summed E-state index contributed by atoms with van der Waals surface area (Å²) in [6.07, 6.45) is 7.76. The van der Waals surface area contributed by atoms with Gasteiger partial charge in [-0.3, -0.25) is 4.90 Å². The highest BCUT2D eigenvalue weighted by Crippen LogP contribution is 2.40. The lowest BCUT2D eigenvalue weighted by Crippen LogP contribution is -2.53. The third-order valence-corrected chi connectivity index (χ3v) is 5.51. The molecule has 2 nitrogen and oxygen atoms in total. The highest BCUT2D eigenvalue weighted by atomic mass is 15.2. The summed E-state index contributed by atoms with van der Waals surface area (Å²) in [5.74, 6) is 0.869. The molecule has 0 aromatic heterocycles. The van der Waals surface area contributed by atoms with Crippen LogP contribution in [0.5, 0.6) is 0 Å². The molecule has 1 fully saturated rings. The van der Waals surface area contributed by atoms with Gasteiger partial charge in [0, 0.05) is 6.54 Å². The SMILES string of the molecule is CC1CCCN(C2(CN)CCCc3ccccc32)CC1. The first-order chi connectivity index (χ1) is 9.76. The Labute approximate surface area is 123 Å². The van der Waals surface area contributed by atoms with Crippen LogP contribution in [0.1, 0.15) is 50.2 Å². The van der Waals surface area contributed by atoms with Gasteiger partial charge in [0.05, 0.1) is 5.54 Å². The van der Waals surface area contributed by atoms with E-state index in [9.17, 15) is 0 Å². The molecule has 1 aromatic carbocycles. The van der Waals surface area contributed by atoms with Crippen LogP contribution >= 0.6 is 0 Å². The van der Waals surface area contributed by atoms with Crippen LogP contribution in [0.2, 0.25) is 0 Å². The minimum absolute atomic E-state index is 0.110. The Bertz CT molecular complexity index is 456. The lowest BCUT2D eigenvalue weighted by Gasteiger charge is -2.47. The summed E-state index contributed by atoms with van der Waals surface area (Å²) >= 11 is 0. The zero-order chi connectivity index (χ0) is 14.0. The average molecular weight is 272 g/mol. The van der Waals surface area contributed by atoms with Gasteiger partial charge in [-0.15, -0.1) is 0 Å². The Balaban J connectivity index is 1.95. The van der Waals surface area contributed by atoms with Gasteiger partial charge in [0.1, 0.15) is 0 Å². The van der Waals surface area contributed by atoms with Crippen LogP contribution < -0.4 is 5.73 Å². The summed E-state index contributed by atoms with van der Waals surface area (Å²) in [4.78, 5) is 2.72. The molecule has 2 heteroatoms. The number of hydrogen-bond donors (Lipinski definition) is 1. The minimum Gasteiger partial charge on any atom is -0.328 e. The van der Waals surface area contributed by atoms with Crippen LogP contribution in [0.3, 0.4) is 0 Å². The van der Waals surface area contributed by atoms with Crippen LogP contribution in [-0.4, -0.2) is 24.5 Å². The molecule has 20 heavy (non-hydrogen) atoms. The van der Waals surface area contributed by atoms with E-state index >= 15 is 0 Å². The Hall–Kier alpha value is -0.860. The molecule has 1 saturated heterocycles. The van der Waals surface area contributed by atoms with E-state index in [-0.39, 0.29) is 5.54 Å². The number of aryl methyl sites for hydroxylation is 1. The lowest BCUT2D eigenvalue weighted by atomic mass is 9.75. The molecule has 1 aliphatic heterocycles. The molecular formula is C18H28N2. The predicted molar refractivity (Wildman–Crippen MR) is 84.7 cm³/mol. The smallest absolute Gasteiger partial charge is 0.0586 e. The number of fused-ring (bicyclic) bond motifs is 1. The fraction of sp³-hybridized carbons (Fsp3) is 0.667. The van der Waals surface area contributed by atoms with E-state index in [4.69, 9.17) is 5.73 Å². The molecule has 1 heterocycles. The maximum Gasteiger partial charge on any atom is 0.0586 e. The predicted octanol–water partition coefficient (Wildman–Crippen LogP) is 3.30. The third-order valence-electron chi connectivity index (χ3n) is 5.51. The van der Waals surface area contributed by atoms with Crippen molar-refractivity contribution < 1.29 is 0 Å². The number of benzene rings is 1. The molecule has 3 rings (SSSR count). The molecule has 0 radical (unpaired) electrons. The average Bonchev–Trinajstić information content (AvgIpc) is 2.71. The van der Waals surface area contributed by atoms with Crippen molar-refractivity contribution in [3.63, 3.8) is 0 Å². The quantitative estimate of drug-likeness (QED) is 0.895. The summed E-state index contributed by atoms with van der Waals surface area (Å²) in [5, 5.41) is 0. The van der Waals surface area contributed by atoms with E-state index in [2.05, 4.69) is 36.1 Å². The maximum atomic E-state index is 6.33. The highest BCUT2D eigenvalue weighted by Gasteiger charge is 2.40. The van der Waals surface area contributed by atoms with Gasteiger partial charge < -0.3 is 5.73 Å². The topological polar surface area (TPSA) is 29.3 Å². The molecule has 2 atom stereocenters. The first-order valence-corrected chi connectivity index (χ1v) is 8.30. The van der Waals surface area contributed by atoms with Gasteiger partial charge in [-0.1, -0.05) is 31.2 Å². The van der Waals surface area contributed by atoms with E-state index in [0.717, 1.165) is 12.5 Å². The first-order valence-electron chi connectivity index (χ1n) is 8.30. The third kappa shape index (κ3) is 2.40. The van der Waals surface area contributed by atoms with Crippen molar-refractivity contribution in [1.29, 1.82) is 0 Å². The largest absolute Gasteiger partial charge is 0.328 e. The van der Waals surface area contributed by atoms with Crippen molar-refractivity contribution in [3.05, 3.63) is 35.4 Å². The van der Waals surface area contributed by atoms with Crippen molar-refractivity contribution in [2.45, 2.75) is 51.0 Å². The molecule has 2 aliphatic rings. The Morgan fingerprint density at radius 2 is 2.05 bits per heavy atom. The fourth-order valence-corrected chi connectivity index (χ4v) is 4.26. The molecule has 1 aromatic rings. The number of nitrogens with zero attached hydrogens (tertiary/aromatic N) is 1. The second-order valence-electron chi connectivity index (χ2n) is 6.77.